The molecule has 116 valence electrons. The Bertz CT molecular complexity index is 741. The number of aryl methyl sites for hydroxylation is 1. The maximum atomic E-state index is 12.3. The van der Waals surface area contributed by atoms with Gasteiger partial charge in [-0.2, -0.15) is 0 Å². The first-order valence-corrected chi connectivity index (χ1v) is 8.44. The largest absolute Gasteiger partial charge is 0.351 e. The zero-order chi connectivity index (χ0) is 16.2. The Hall–Kier alpha value is -2.21. The zero-order valence-electron chi connectivity index (χ0n) is 12.5. The van der Waals surface area contributed by atoms with E-state index < -0.39 is 21.0 Å². The predicted octanol–water partition coefficient (Wildman–Crippen LogP) is 1.87. The fourth-order valence-corrected chi connectivity index (χ4v) is 3.08. The summed E-state index contributed by atoms with van der Waals surface area (Å²) in [4.78, 5) is 15.9. The van der Waals surface area contributed by atoms with Gasteiger partial charge < -0.3 is 5.32 Å². The summed E-state index contributed by atoms with van der Waals surface area (Å²) >= 11 is 0. The normalized spacial score (nSPS) is 12.6. The Morgan fingerprint density at radius 3 is 2.45 bits per heavy atom. The van der Waals surface area contributed by atoms with Crippen LogP contribution in [0.15, 0.2) is 53.7 Å². The molecule has 22 heavy (non-hydrogen) atoms. The van der Waals surface area contributed by atoms with Gasteiger partial charge in [0.25, 0.3) is 0 Å². The Morgan fingerprint density at radius 1 is 1.18 bits per heavy atom. The minimum Gasteiger partial charge on any atom is -0.351 e. The van der Waals surface area contributed by atoms with Gasteiger partial charge in [-0.1, -0.05) is 35.9 Å². The first-order valence-electron chi connectivity index (χ1n) is 6.89. The first kappa shape index (κ1) is 16.2. The Balaban J connectivity index is 2.04. The van der Waals surface area contributed by atoms with Gasteiger partial charge in [-0.15, -0.1) is 0 Å². The summed E-state index contributed by atoms with van der Waals surface area (Å²) in [6.07, 6.45) is 1.39. The number of amides is 1. The molecule has 0 saturated heterocycles. The fourth-order valence-electron chi connectivity index (χ4n) is 1.88. The van der Waals surface area contributed by atoms with E-state index in [0.29, 0.717) is 6.54 Å². The summed E-state index contributed by atoms with van der Waals surface area (Å²) in [5, 5.41) is 1.37. The highest BCUT2D eigenvalue weighted by molar-refractivity contribution is 7.92. The lowest BCUT2D eigenvalue weighted by atomic mass is 10.1. The van der Waals surface area contributed by atoms with E-state index in [1.165, 1.54) is 19.2 Å². The number of benzene rings is 1. The molecule has 0 aliphatic carbocycles. The standard InChI is InChI=1S/C16H18N2O3S/c1-12-6-8-14(9-7-12)11-18-16(19)13(2)22(20,21)15-5-3-4-10-17-15/h3-10,13H,11H2,1-2H3,(H,18,19). The molecule has 0 spiro atoms. The van der Waals surface area contributed by atoms with Crippen molar-refractivity contribution < 1.29 is 13.2 Å². The van der Waals surface area contributed by atoms with E-state index in [1.807, 2.05) is 31.2 Å². The molecule has 1 aromatic carbocycles. The lowest BCUT2D eigenvalue weighted by molar-refractivity contribution is -0.120. The van der Waals surface area contributed by atoms with Crippen molar-refractivity contribution in [2.75, 3.05) is 0 Å². The highest BCUT2D eigenvalue weighted by atomic mass is 32.2. The number of carbonyl (C=O) groups excluding carboxylic acids is 1. The molecule has 0 bridgehead atoms. The smallest absolute Gasteiger partial charge is 0.238 e. The summed E-state index contributed by atoms with van der Waals surface area (Å²) in [5.74, 6) is -0.536. The van der Waals surface area contributed by atoms with Gasteiger partial charge in [-0.3, -0.25) is 4.79 Å². The molecule has 0 saturated carbocycles. The van der Waals surface area contributed by atoms with Crippen LogP contribution in [0.1, 0.15) is 18.1 Å². The summed E-state index contributed by atoms with van der Waals surface area (Å²) < 4.78 is 24.6. The van der Waals surface area contributed by atoms with Crippen LogP contribution in [0.25, 0.3) is 0 Å². The molecular formula is C16H18N2O3S. The van der Waals surface area contributed by atoms with E-state index in [0.717, 1.165) is 11.1 Å². The second-order valence-corrected chi connectivity index (χ2v) is 7.27. The highest BCUT2D eigenvalue weighted by Crippen LogP contribution is 2.13. The molecule has 1 amide bonds. The zero-order valence-corrected chi connectivity index (χ0v) is 13.3. The summed E-state index contributed by atoms with van der Waals surface area (Å²) in [6, 6.07) is 12.3. The van der Waals surface area contributed by atoms with Crippen LogP contribution in [-0.2, 0) is 21.2 Å². The summed E-state index contributed by atoms with van der Waals surface area (Å²) in [5.41, 5.74) is 2.04. The number of hydrogen-bond acceptors (Lipinski definition) is 4. The van der Waals surface area contributed by atoms with Crippen molar-refractivity contribution in [1.82, 2.24) is 10.3 Å². The molecule has 0 aliphatic rings. The van der Waals surface area contributed by atoms with Crippen LogP contribution >= 0.6 is 0 Å². The third kappa shape index (κ3) is 3.71. The monoisotopic (exact) mass is 318 g/mol. The van der Waals surface area contributed by atoms with Crippen molar-refractivity contribution in [3.05, 3.63) is 59.8 Å². The van der Waals surface area contributed by atoms with Gasteiger partial charge in [0.15, 0.2) is 5.03 Å². The first-order chi connectivity index (χ1) is 10.4. The van der Waals surface area contributed by atoms with Crippen LogP contribution in [0, 0.1) is 6.92 Å². The number of rotatable bonds is 5. The van der Waals surface area contributed by atoms with E-state index in [4.69, 9.17) is 0 Å². The molecule has 2 rings (SSSR count). The van der Waals surface area contributed by atoms with Gasteiger partial charge in [0.1, 0.15) is 5.25 Å². The van der Waals surface area contributed by atoms with E-state index in [2.05, 4.69) is 10.3 Å². The summed E-state index contributed by atoms with van der Waals surface area (Å²) in [6.45, 7) is 3.64. The molecule has 0 fully saturated rings. The number of pyridine rings is 1. The number of hydrogen-bond donors (Lipinski definition) is 1. The third-order valence-corrected chi connectivity index (χ3v) is 5.32. The highest BCUT2D eigenvalue weighted by Gasteiger charge is 2.30. The maximum absolute atomic E-state index is 12.3. The van der Waals surface area contributed by atoms with Gasteiger partial charge in [0.2, 0.25) is 15.7 Å². The molecule has 1 atom stereocenters. The van der Waals surface area contributed by atoms with E-state index in [-0.39, 0.29) is 5.03 Å². The maximum Gasteiger partial charge on any atom is 0.238 e. The number of nitrogens with zero attached hydrogens (tertiary/aromatic N) is 1. The molecular weight excluding hydrogens is 300 g/mol. The lowest BCUT2D eigenvalue weighted by Crippen LogP contribution is -2.37. The lowest BCUT2D eigenvalue weighted by Gasteiger charge is -2.13. The number of nitrogens with one attached hydrogen (secondary N) is 1. The topological polar surface area (TPSA) is 76.1 Å². The second kappa shape index (κ2) is 6.70. The van der Waals surface area contributed by atoms with Gasteiger partial charge in [0.05, 0.1) is 0 Å². The van der Waals surface area contributed by atoms with Crippen LogP contribution in [0.4, 0.5) is 0 Å². The van der Waals surface area contributed by atoms with Crippen molar-refractivity contribution in [3.8, 4) is 0 Å². The van der Waals surface area contributed by atoms with Crippen LogP contribution in [0.2, 0.25) is 0 Å². The van der Waals surface area contributed by atoms with Crippen LogP contribution in [0.3, 0.4) is 0 Å². The molecule has 1 aromatic heterocycles. The third-order valence-electron chi connectivity index (χ3n) is 3.35. The minimum absolute atomic E-state index is 0.0898. The SMILES string of the molecule is Cc1ccc(CNC(=O)C(C)S(=O)(=O)c2ccccn2)cc1. The fraction of sp³-hybridized carbons (Fsp3) is 0.250. The molecule has 0 aliphatic heterocycles. The average Bonchev–Trinajstić information content (AvgIpc) is 2.54. The Labute approximate surface area is 130 Å². The van der Waals surface area contributed by atoms with Crippen molar-refractivity contribution >= 4 is 15.7 Å². The number of aromatic nitrogens is 1. The molecule has 5 nitrogen and oxygen atoms in total. The van der Waals surface area contributed by atoms with Crippen molar-refractivity contribution in [2.45, 2.75) is 30.7 Å². The van der Waals surface area contributed by atoms with Gasteiger partial charge in [-0.05, 0) is 31.5 Å². The molecule has 0 radical (unpaired) electrons. The Morgan fingerprint density at radius 2 is 1.86 bits per heavy atom. The van der Waals surface area contributed by atoms with E-state index >= 15 is 0 Å². The van der Waals surface area contributed by atoms with Crippen molar-refractivity contribution in [2.24, 2.45) is 0 Å². The molecule has 1 heterocycles. The summed E-state index contributed by atoms with van der Waals surface area (Å²) in [7, 11) is -3.77. The molecule has 6 heteroatoms. The number of sulfone groups is 1. The predicted molar refractivity (Wildman–Crippen MR) is 83.9 cm³/mol. The molecule has 2 aromatic rings. The van der Waals surface area contributed by atoms with Gasteiger partial charge in [0, 0.05) is 12.7 Å². The van der Waals surface area contributed by atoms with Gasteiger partial charge >= 0.3 is 0 Å². The molecule has 1 N–H and O–H groups in total. The van der Waals surface area contributed by atoms with E-state index in [9.17, 15) is 13.2 Å². The average molecular weight is 318 g/mol. The number of carbonyl (C=O) groups is 1. The van der Waals surface area contributed by atoms with Crippen LogP contribution in [0.5, 0.6) is 0 Å². The molecule has 1 unspecified atom stereocenters. The van der Waals surface area contributed by atoms with Crippen molar-refractivity contribution in [3.63, 3.8) is 0 Å². The van der Waals surface area contributed by atoms with Crippen LogP contribution < -0.4 is 5.32 Å². The van der Waals surface area contributed by atoms with E-state index in [1.54, 1.807) is 12.1 Å². The van der Waals surface area contributed by atoms with Gasteiger partial charge in [-0.25, -0.2) is 13.4 Å². The Kier molecular flexibility index (Phi) is 4.92. The quantitative estimate of drug-likeness (QED) is 0.913. The second-order valence-electron chi connectivity index (χ2n) is 5.06. The minimum atomic E-state index is -3.77. The van der Waals surface area contributed by atoms with Crippen LogP contribution in [-0.4, -0.2) is 24.6 Å². The van der Waals surface area contributed by atoms with Crippen molar-refractivity contribution in [1.29, 1.82) is 0 Å².